The van der Waals surface area contributed by atoms with Gasteiger partial charge in [-0.2, -0.15) is 0 Å². The summed E-state index contributed by atoms with van der Waals surface area (Å²) in [5, 5.41) is 4.05. The normalized spacial score (nSPS) is 24.1. The van der Waals surface area contributed by atoms with Crippen molar-refractivity contribution in [1.29, 1.82) is 0 Å². The molecule has 3 rings (SSSR count). The minimum atomic E-state index is -0.255. The van der Waals surface area contributed by atoms with Crippen molar-refractivity contribution < 1.29 is 4.79 Å². The molecular formula is C22H31N3O2. The number of pyridine rings is 1. The SMILES string of the molecule is CC1CCC(NC(=O)c2cc3ccccc3n(C(C)C)c2=O)CC(C)N1C. The zero-order valence-corrected chi connectivity index (χ0v) is 17.0. The van der Waals surface area contributed by atoms with E-state index in [9.17, 15) is 9.59 Å². The highest BCUT2D eigenvalue weighted by molar-refractivity contribution is 5.97. The maximum absolute atomic E-state index is 13.0. The molecule has 3 unspecified atom stereocenters. The van der Waals surface area contributed by atoms with Crippen LogP contribution >= 0.6 is 0 Å². The van der Waals surface area contributed by atoms with Gasteiger partial charge in [-0.05, 0) is 71.5 Å². The summed E-state index contributed by atoms with van der Waals surface area (Å²) in [5.41, 5.74) is 0.890. The summed E-state index contributed by atoms with van der Waals surface area (Å²) in [6.07, 6.45) is 2.88. The third-order valence-electron chi connectivity index (χ3n) is 5.99. The number of para-hydroxylation sites is 1. The topological polar surface area (TPSA) is 54.3 Å². The van der Waals surface area contributed by atoms with E-state index in [1.165, 1.54) is 0 Å². The van der Waals surface area contributed by atoms with Gasteiger partial charge in [0.15, 0.2) is 0 Å². The minimum Gasteiger partial charge on any atom is -0.349 e. The van der Waals surface area contributed by atoms with E-state index in [1.807, 2.05) is 38.1 Å². The predicted octanol–water partition coefficient (Wildman–Crippen LogP) is 3.57. The Balaban J connectivity index is 1.92. The quantitative estimate of drug-likeness (QED) is 0.900. The lowest BCUT2D eigenvalue weighted by Gasteiger charge is -2.28. The molecule has 2 aromatic rings. The largest absolute Gasteiger partial charge is 0.349 e. The molecule has 0 saturated carbocycles. The van der Waals surface area contributed by atoms with Gasteiger partial charge in [0.05, 0.1) is 5.52 Å². The lowest BCUT2D eigenvalue weighted by molar-refractivity contribution is 0.0928. The van der Waals surface area contributed by atoms with Crippen LogP contribution in [-0.2, 0) is 0 Å². The van der Waals surface area contributed by atoms with Crippen molar-refractivity contribution in [2.24, 2.45) is 0 Å². The van der Waals surface area contributed by atoms with Crippen LogP contribution in [0.1, 0.15) is 63.4 Å². The molecule has 0 aliphatic carbocycles. The number of carbonyl (C=O) groups is 1. The number of nitrogens with one attached hydrogen (secondary N) is 1. The first-order valence-electron chi connectivity index (χ1n) is 9.96. The molecule has 1 aliphatic heterocycles. The lowest BCUT2D eigenvalue weighted by atomic mass is 10.0. The van der Waals surface area contributed by atoms with Crippen molar-refractivity contribution in [3.8, 4) is 0 Å². The van der Waals surface area contributed by atoms with E-state index in [2.05, 4.69) is 31.1 Å². The Kier molecular flexibility index (Phi) is 5.70. The van der Waals surface area contributed by atoms with E-state index >= 15 is 0 Å². The smallest absolute Gasteiger partial charge is 0.264 e. The van der Waals surface area contributed by atoms with Gasteiger partial charge in [-0.3, -0.25) is 9.59 Å². The fraction of sp³-hybridized carbons (Fsp3) is 0.545. The molecule has 5 nitrogen and oxygen atoms in total. The Morgan fingerprint density at radius 2 is 1.85 bits per heavy atom. The third-order valence-corrected chi connectivity index (χ3v) is 5.99. The number of aromatic nitrogens is 1. The van der Waals surface area contributed by atoms with Gasteiger partial charge in [0.2, 0.25) is 0 Å². The van der Waals surface area contributed by atoms with E-state index in [0.29, 0.717) is 12.1 Å². The van der Waals surface area contributed by atoms with E-state index in [4.69, 9.17) is 0 Å². The van der Waals surface area contributed by atoms with Gasteiger partial charge in [0.1, 0.15) is 5.56 Å². The summed E-state index contributed by atoms with van der Waals surface area (Å²) in [7, 11) is 2.14. The minimum absolute atomic E-state index is 0.0115. The number of carbonyl (C=O) groups excluding carboxylic acids is 1. The molecule has 27 heavy (non-hydrogen) atoms. The zero-order chi connectivity index (χ0) is 19.7. The summed E-state index contributed by atoms with van der Waals surface area (Å²) in [5.74, 6) is -0.255. The third kappa shape index (κ3) is 3.93. The van der Waals surface area contributed by atoms with Crippen molar-refractivity contribution in [2.75, 3.05) is 7.05 Å². The molecule has 1 N–H and O–H groups in total. The Morgan fingerprint density at radius 1 is 1.15 bits per heavy atom. The Hall–Kier alpha value is -2.14. The average molecular weight is 370 g/mol. The fourth-order valence-electron chi connectivity index (χ4n) is 4.13. The van der Waals surface area contributed by atoms with Crippen molar-refractivity contribution in [3.63, 3.8) is 0 Å². The van der Waals surface area contributed by atoms with E-state index in [1.54, 1.807) is 10.6 Å². The van der Waals surface area contributed by atoms with Gasteiger partial charge in [-0.15, -0.1) is 0 Å². The number of benzene rings is 1. The molecule has 1 aromatic heterocycles. The fourth-order valence-corrected chi connectivity index (χ4v) is 4.13. The second-order valence-electron chi connectivity index (χ2n) is 8.23. The van der Waals surface area contributed by atoms with Crippen LogP contribution in [0.25, 0.3) is 10.9 Å². The monoisotopic (exact) mass is 369 g/mol. The number of rotatable bonds is 3. The van der Waals surface area contributed by atoms with Gasteiger partial charge in [0, 0.05) is 24.2 Å². The Morgan fingerprint density at radius 3 is 2.56 bits per heavy atom. The molecular weight excluding hydrogens is 338 g/mol. The number of nitrogens with zero attached hydrogens (tertiary/aromatic N) is 2. The summed E-state index contributed by atoms with van der Waals surface area (Å²) in [6.45, 7) is 8.37. The number of hydrogen-bond acceptors (Lipinski definition) is 3. The van der Waals surface area contributed by atoms with Crippen LogP contribution in [0.3, 0.4) is 0 Å². The molecule has 1 fully saturated rings. The van der Waals surface area contributed by atoms with Crippen LogP contribution in [0.2, 0.25) is 0 Å². The second-order valence-corrected chi connectivity index (χ2v) is 8.23. The maximum Gasteiger partial charge on any atom is 0.264 e. The van der Waals surface area contributed by atoms with E-state index < -0.39 is 0 Å². The number of hydrogen-bond donors (Lipinski definition) is 1. The molecule has 2 heterocycles. The van der Waals surface area contributed by atoms with Crippen LogP contribution in [0.4, 0.5) is 0 Å². The van der Waals surface area contributed by atoms with Crippen LogP contribution in [0, 0.1) is 0 Å². The van der Waals surface area contributed by atoms with Crippen molar-refractivity contribution in [1.82, 2.24) is 14.8 Å². The average Bonchev–Trinajstić information content (AvgIpc) is 2.74. The number of amides is 1. The molecule has 1 aliphatic rings. The van der Waals surface area contributed by atoms with Gasteiger partial charge < -0.3 is 14.8 Å². The maximum atomic E-state index is 13.0. The van der Waals surface area contributed by atoms with Crippen LogP contribution < -0.4 is 10.9 Å². The molecule has 0 bridgehead atoms. The highest BCUT2D eigenvalue weighted by Gasteiger charge is 2.27. The number of fused-ring (bicyclic) bond motifs is 1. The number of likely N-dealkylation sites (tertiary alicyclic amines) is 1. The summed E-state index contributed by atoms with van der Waals surface area (Å²) in [4.78, 5) is 28.4. The van der Waals surface area contributed by atoms with Crippen LogP contribution in [0.5, 0.6) is 0 Å². The molecule has 0 spiro atoms. The lowest BCUT2D eigenvalue weighted by Crippen LogP contribution is -2.41. The van der Waals surface area contributed by atoms with Crippen molar-refractivity contribution in [3.05, 3.63) is 46.2 Å². The standard InChI is InChI=1S/C22H31N3O2/c1-14(2)25-20-9-7-6-8-17(20)13-19(22(25)27)21(26)23-18-11-10-15(3)24(5)16(4)12-18/h6-9,13-16,18H,10-12H2,1-5H3,(H,23,26). The van der Waals surface area contributed by atoms with Crippen LogP contribution in [-0.4, -0.2) is 40.5 Å². The molecule has 0 radical (unpaired) electrons. The highest BCUT2D eigenvalue weighted by atomic mass is 16.2. The van der Waals surface area contributed by atoms with Crippen LogP contribution in [0.15, 0.2) is 35.1 Å². The zero-order valence-electron chi connectivity index (χ0n) is 17.0. The van der Waals surface area contributed by atoms with E-state index in [0.717, 1.165) is 30.2 Å². The Bertz CT molecular complexity index is 887. The molecule has 1 saturated heterocycles. The highest BCUT2D eigenvalue weighted by Crippen LogP contribution is 2.21. The predicted molar refractivity (Wildman–Crippen MR) is 110 cm³/mol. The molecule has 1 amide bonds. The first-order chi connectivity index (χ1) is 12.8. The van der Waals surface area contributed by atoms with Gasteiger partial charge >= 0.3 is 0 Å². The van der Waals surface area contributed by atoms with Gasteiger partial charge in [-0.1, -0.05) is 18.2 Å². The summed E-state index contributed by atoms with van der Waals surface area (Å²) >= 11 is 0. The van der Waals surface area contributed by atoms with Gasteiger partial charge in [-0.25, -0.2) is 0 Å². The van der Waals surface area contributed by atoms with Crippen molar-refractivity contribution in [2.45, 2.75) is 71.1 Å². The summed E-state index contributed by atoms with van der Waals surface area (Å²) < 4.78 is 1.72. The molecule has 146 valence electrons. The molecule has 1 aromatic carbocycles. The second kappa shape index (κ2) is 7.85. The Labute approximate surface area is 161 Å². The summed E-state index contributed by atoms with van der Waals surface area (Å²) in [6, 6.07) is 10.5. The van der Waals surface area contributed by atoms with Crippen molar-refractivity contribution >= 4 is 16.8 Å². The molecule has 3 atom stereocenters. The first kappa shape index (κ1) is 19.6. The molecule has 5 heteroatoms. The van der Waals surface area contributed by atoms with E-state index in [-0.39, 0.29) is 29.1 Å². The van der Waals surface area contributed by atoms with Gasteiger partial charge in [0.25, 0.3) is 11.5 Å². The first-order valence-corrected chi connectivity index (χ1v) is 9.96.